The fourth-order valence-corrected chi connectivity index (χ4v) is 2.01. The van der Waals surface area contributed by atoms with E-state index in [0.29, 0.717) is 0 Å². The van der Waals surface area contributed by atoms with Crippen LogP contribution in [-0.2, 0) is 11.2 Å². The van der Waals surface area contributed by atoms with Gasteiger partial charge in [0.2, 0.25) is 0 Å². The highest BCUT2D eigenvalue weighted by molar-refractivity contribution is 6.00. The Kier molecular flexibility index (Phi) is 4.11. The maximum absolute atomic E-state index is 11.6. The monoisotopic (exact) mass is 220 g/mol. The summed E-state index contributed by atoms with van der Waals surface area (Å²) in [6.07, 6.45) is 0.879. The molecule has 0 aliphatic rings. The molecule has 1 rings (SSSR count). The number of furan rings is 1. The van der Waals surface area contributed by atoms with Crippen molar-refractivity contribution in [3.63, 3.8) is 0 Å². The Labute approximate surface area is 97.3 Å². The number of carbonyl (C=O) groups is 1. The van der Waals surface area contributed by atoms with E-state index in [-0.39, 0.29) is 11.7 Å². The van der Waals surface area contributed by atoms with Crippen LogP contribution in [0.5, 0.6) is 0 Å². The van der Waals surface area contributed by atoms with E-state index >= 15 is 0 Å². The second kappa shape index (κ2) is 5.15. The van der Waals surface area contributed by atoms with Crippen LogP contribution in [0.2, 0.25) is 0 Å². The van der Waals surface area contributed by atoms with Crippen LogP contribution in [0.3, 0.4) is 0 Å². The van der Waals surface area contributed by atoms with Gasteiger partial charge in [0, 0.05) is 12.0 Å². The van der Waals surface area contributed by atoms with Gasteiger partial charge in [-0.15, -0.1) is 0 Å². The Balaban J connectivity index is 3.18. The molecule has 0 aliphatic carbocycles. The third-order valence-corrected chi connectivity index (χ3v) is 2.74. The first-order valence-electron chi connectivity index (χ1n) is 5.78. The minimum atomic E-state index is 0.127. The number of hydrogen-bond donors (Lipinski definition) is 0. The molecule has 0 aliphatic heterocycles. The molecule has 0 amide bonds. The van der Waals surface area contributed by atoms with Crippen molar-refractivity contribution in [2.24, 2.45) is 5.92 Å². The molecule has 0 fully saturated rings. The minimum absolute atomic E-state index is 0.127. The van der Waals surface area contributed by atoms with Gasteiger partial charge < -0.3 is 4.42 Å². The average Bonchev–Trinajstić information content (AvgIpc) is 2.64. The van der Waals surface area contributed by atoms with Crippen molar-refractivity contribution in [3.05, 3.63) is 29.2 Å². The Morgan fingerprint density at radius 2 is 1.94 bits per heavy atom. The van der Waals surface area contributed by atoms with Crippen molar-refractivity contribution in [3.8, 4) is 0 Å². The Hall–Kier alpha value is -1.31. The first kappa shape index (κ1) is 12.8. The van der Waals surface area contributed by atoms with E-state index in [2.05, 4.69) is 6.92 Å². The summed E-state index contributed by atoms with van der Waals surface area (Å²) in [5.41, 5.74) is 1.82. The average molecular weight is 220 g/mol. The number of aryl methyl sites for hydroxylation is 1. The Morgan fingerprint density at radius 3 is 2.31 bits per heavy atom. The molecule has 0 saturated heterocycles. The van der Waals surface area contributed by atoms with Gasteiger partial charge in [-0.05, 0) is 37.5 Å². The predicted molar refractivity (Wildman–Crippen MR) is 66.2 cm³/mol. The summed E-state index contributed by atoms with van der Waals surface area (Å²) < 4.78 is 5.67. The van der Waals surface area contributed by atoms with E-state index in [1.165, 1.54) is 0 Å². The van der Waals surface area contributed by atoms with Gasteiger partial charge in [0.25, 0.3) is 0 Å². The van der Waals surface area contributed by atoms with Gasteiger partial charge >= 0.3 is 0 Å². The molecule has 0 bridgehead atoms. The maximum atomic E-state index is 11.6. The van der Waals surface area contributed by atoms with Crippen LogP contribution in [0.1, 0.15) is 46.1 Å². The highest BCUT2D eigenvalue weighted by atomic mass is 16.3. The van der Waals surface area contributed by atoms with E-state index in [4.69, 9.17) is 4.42 Å². The lowest BCUT2D eigenvalue weighted by atomic mass is 9.94. The van der Waals surface area contributed by atoms with E-state index in [9.17, 15) is 4.79 Å². The fourth-order valence-electron chi connectivity index (χ4n) is 2.01. The van der Waals surface area contributed by atoms with E-state index in [1.54, 1.807) is 6.92 Å². The highest BCUT2D eigenvalue weighted by Crippen LogP contribution is 2.25. The third kappa shape index (κ3) is 2.63. The van der Waals surface area contributed by atoms with Gasteiger partial charge in [0.05, 0.1) is 0 Å². The first-order chi connectivity index (χ1) is 7.47. The lowest BCUT2D eigenvalue weighted by Gasteiger charge is -2.11. The van der Waals surface area contributed by atoms with Crippen LogP contribution >= 0.6 is 0 Å². The summed E-state index contributed by atoms with van der Waals surface area (Å²) in [5, 5.41) is 0. The van der Waals surface area contributed by atoms with Gasteiger partial charge in [0.15, 0.2) is 5.78 Å². The molecule has 0 N–H and O–H groups in total. The molecule has 88 valence electrons. The molecule has 0 saturated carbocycles. The molecule has 1 aromatic rings. The third-order valence-electron chi connectivity index (χ3n) is 2.74. The predicted octanol–water partition coefficient (Wildman–Crippen LogP) is 3.86. The molecule has 0 spiro atoms. The molecule has 0 radical (unpaired) electrons. The summed E-state index contributed by atoms with van der Waals surface area (Å²) in [7, 11) is 0. The van der Waals surface area contributed by atoms with Gasteiger partial charge in [0.1, 0.15) is 11.5 Å². The smallest absolute Gasteiger partial charge is 0.156 e. The molecular formula is C14H20O2. The molecular weight excluding hydrogens is 200 g/mol. The lowest BCUT2D eigenvalue weighted by molar-refractivity contribution is -0.114. The molecule has 0 unspecified atom stereocenters. The quantitative estimate of drug-likeness (QED) is 0.721. The zero-order valence-electron chi connectivity index (χ0n) is 10.8. The van der Waals surface area contributed by atoms with Gasteiger partial charge in [-0.1, -0.05) is 20.8 Å². The van der Waals surface area contributed by atoms with Gasteiger partial charge in [-0.3, -0.25) is 4.79 Å². The largest absolute Gasteiger partial charge is 0.461 e. The summed E-state index contributed by atoms with van der Waals surface area (Å²) in [5.74, 6) is 2.13. The SMILES string of the molecule is CCc1ccc(C(C)=C(C(C)=O)C(C)C)o1. The fraction of sp³-hybridized carbons (Fsp3) is 0.500. The standard InChI is InChI=1S/C14H20O2/c1-6-12-7-8-13(16-12)10(4)14(9(2)3)11(5)15/h7-9H,6H2,1-5H3. The van der Waals surface area contributed by atoms with Crippen molar-refractivity contribution in [2.75, 3.05) is 0 Å². The molecule has 2 nitrogen and oxygen atoms in total. The normalized spacial score (nSPS) is 12.9. The van der Waals surface area contributed by atoms with Crippen LogP contribution < -0.4 is 0 Å². The maximum Gasteiger partial charge on any atom is 0.156 e. The molecule has 2 heteroatoms. The van der Waals surface area contributed by atoms with Crippen molar-refractivity contribution >= 4 is 11.4 Å². The number of Topliss-reactive ketones (excluding diaryl/α,β-unsaturated/α-hetero) is 1. The molecule has 0 atom stereocenters. The first-order valence-corrected chi connectivity index (χ1v) is 5.78. The lowest BCUT2D eigenvalue weighted by Crippen LogP contribution is -2.06. The van der Waals surface area contributed by atoms with Crippen LogP contribution in [-0.4, -0.2) is 5.78 Å². The second-order valence-corrected chi connectivity index (χ2v) is 4.37. The van der Waals surface area contributed by atoms with E-state index in [0.717, 1.165) is 29.1 Å². The van der Waals surface area contributed by atoms with Crippen LogP contribution in [0.15, 0.2) is 22.1 Å². The van der Waals surface area contributed by atoms with E-state index in [1.807, 2.05) is 32.9 Å². The van der Waals surface area contributed by atoms with Gasteiger partial charge in [-0.2, -0.15) is 0 Å². The summed E-state index contributed by atoms with van der Waals surface area (Å²) in [6.45, 7) is 9.68. The van der Waals surface area contributed by atoms with Crippen LogP contribution in [0.25, 0.3) is 5.57 Å². The zero-order valence-corrected chi connectivity index (χ0v) is 10.8. The minimum Gasteiger partial charge on any atom is -0.461 e. The number of carbonyl (C=O) groups excluding carboxylic acids is 1. The number of rotatable bonds is 4. The summed E-state index contributed by atoms with van der Waals surface area (Å²) in [4.78, 5) is 11.6. The number of ketones is 1. The topological polar surface area (TPSA) is 30.2 Å². The Morgan fingerprint density at radius 1 is 1.31 bits per heavy atom. The summed E-state index contributed by atoms with van der Waals surface area (Å²) >= 11 is 0. The molecule has 1 heterocycles. The van der Waals surface area contributed by atoms with Crippen molar-refractivity contribution in [2.45, 2.75) is 41.0 Å². The molecule has 1 aromatic heterocycles. The molecule has 16 heavy (non-hydrogen) atoms. The van der Waals surface area contributed by atoms with Crippen molar-refractivity contribution in [1.29, 1.82) is 0 Å². The number of allylic oxidation sites excluding steroid dienone is 2. The Bertz CT molecular complexity index is 408. The van der Waals surface area contributed by atoms with Gasteiger partial charge in [-0.25, -0.2) is 0 Å². The van der Waals surface area contributed by atoms with Crippen LogP contribution in [0.4, 0.5) is 0 Å². The molecule has 0 aromatic carbocycles. The van der Waals surface area contributed by atoms with E-state index < -0.39 is 0 Å². The highest BCUT2D eigenvalue weighted by Gasteiger charge is 2.15. The zero-order chi connectivity index (χ0) is 12.3. The van der Waals surface area contributed by atoms with Crippen molar-refractivity contribution in [1.82, 2.24) is 0 Å². The summed E-state index contributed by atoms with van der Waals surface area (Å²) in [6, 6.07) is 3.91. The number of hydrogen-bond acceptors (Lipinski definition) is 2. The second-order valence-electron chi connectivity index (χ2n) is 4.37. The van der Waals surface area contributed by atoms with Crippen molar-refractivity contribution < 1.29 is 9.21 Å². The van der Waals surface area contributed by atoms with Crippen LogP contribution in [0, 0.1) is 5.92 Å².